The van der Waals surface area contributed by atoms with Gasteiger partial charge >= 0.3 is 0 Å². The lowest BCUT2D eigenvalue weighted by molar-refractivity contribution is -0.118. The Kier molecular flexibility index (Phi) is 8.55. The summed E-state index contributed by atoms with van der Waals surface area (Å²) in [6.07, 6.45) is 0. The van der Waals surface area contributed by atoms with E-state index in [1.54, 1.807) is 0 Å². The van der Waals surface area contributed by atoms with Gasteiger partial charge < -0.3 is 15.4 Å². The minimum atomic E-state index is -0.116. The van der Waals surface area contributed by atoms with E-state index in [-0.39, 0.29) is 23.3 Å². The standard InChI is InChI=1S/C25H26N2O3S/c1-19-7-13-22(14-8-19)27-25(29)18-31-17-24(28)26-15-20-9-11-21(12-10-20)16-30-23-5-3-2-4-6-23/h2-14H,15-18H2,1H3,(H,26,28)(H,27,29). The summed E-state index contributed by atoms with van der Waals surface area (Å²) < 4.78 is 5.73. The number of benzene rings is 3. The molecule has 0 aromatic heterocycles. The van der Waals surface area contributed by atoms with Gasteiger partial charge in [0.25, 0.3) is 0 Å². The van der Waals surface area contributed by atoms with Crippen molar-refractivity contribution in [3.8, 4) is 5.75 Å². The number of thioether (sulfide) groups is 1. The largest absolute Gasteiger partial charge is 0.489 e. The number of nitrogens with one attached hydrogen (secondary N) is 2. The average molecular weight is 435 g/mol. The Morgan fingerprint density at radius 2 is 1.45 bits per heavy atom. The summed E-state index contributed by atoms with van der Waals surface area (Å²) >= 11 is 1.29. The van der Waals surface area contributed by atoms with Crippen molar-refractivity contribution in [2.75, 3.05) is 16.8 Å². The Hall–Kier alpha value is -3.25. The molecule has 0 fully saturated rings. The van der Waals surface area contributed by atoms with E-state index in [9.17, 15) is 9.59 Å². The van der Waals surface area contributed by atoms with Gasteiger partial charge in [0.15, 0.2) is 0 Å². The highest BCUT2D eigenvalue weighted by molar-refractivity contribution is 8.00. The van der Waals surface area contributed by atoms with Crippen LogP contribution in [0, 0.1) is 6.92 Å². The molecule has 3 aromatic carbocycles. The Balaban J connectivity index is 1.31. The minimum Gasteiger partial charge on any atom is -0.489 e. The molecule has 0 heterocycles. The summed E-state index contributed by atoms with van der Waals surface area (Å²) in [4.78, 5) is 24.0. The van der Waals surface area contributed by atoms with Gasteiger partial charge in [0, 0.05) is 12.2 Å². The molecule has 0 aliphatic heterocycles. The number of carbonyl (C=O) groups is 2. The van der Waals surface area contributed by atoms with Crippen molar-refractivity contribution in [1.82, 2.24) is 5.32 Å². The van der Waals surface area contributed by atoms with Crippen molar-refractivity contribution in [3.05, 3.63) is 95.6 Å². The summed E-state index contributed by atoms with van der Waals surface area (Å²) in [6.45, 7) is 2.95. The molecule has 3 rings (SSSR count). The van der Waals surface area contributed by atoms with E-state index in [4.69, 9.17) is 4.74 Å². The number of amides is 2. The smallest absolute Gasteiger partial charge is 0.234 e. The lowest BCUT2D eigenvalue weighted by Gasteiger charge is -2.08. The minimum absolute atomic E-state index is 0.0929. The summed E-state index contributed by atoms with van der Waals surface area (Å²) in [6, 6.07) is 25.2. The maximum atomic E-state index is 12.0. The molecule has 5 nitrogen and oxygen atoms in total. The Labute approximate surface area is 187 Å². The second-order valence-electron chi connectivity index (χ2n) is 7.10. The van der Waals surface area contributed by atoms with Crippen LogP contribution >= 0.6 is 11.8 Å². The molecule has 2 N–H and O–H groups in total. The molecule has 31 heavy (non-hydrogen) atoms. The van der Waals surface area contributed by atoms with Crippen molar-refractivity contribution >= 4 is 29.3 Å². The summed E-state index contributed by atoms with van der Waals surface area (Å²) in [5.74, 6) is 1.10. The molecule has 2 amide bonds. The third-order valence-corrected chi connectivity index (χ3v) is 5.40. The summed E-state index contributed by atoms with van der Waals surface area (Å²) in [5, 5.41) is 5.71. The first kappa shape index (κ1) is 22.4. The van der Waals surface area contributed by atoms with E-state index in [0.717, 1.165) is 28.1 Å². The quantitative estimate of drug-likeness (QED) is 0.491. The number of hydrogen-bond donors (Lipinski definition) is 2. The first-order valence-corrected chi connectivity index (χ1v) is 11.2. The van der Waals surface area contributed by atoms with Gasteiger partial charge in [-0.3, -0.25) is 9.59 Å². The number of para-hydroxylation sites is 1. The van der Waals surface area contributed by atoms with Crippen molar-refractivity contribution < 1.29 is 14.3 Å². The van der Waals surface area contributed by atoms with Crippen LogP contribution in [0.1, 0.15) is 16.7 Å². The molecule has 0 atom stereocenters. The molecule has 0 spiro atoms. The molecule has 0 saturated heterocycles. The zero-order chi connectivity index (χ0) is 21.9. The maximum Gasteiger partial charge on any atom is 0.234 e. The van der Waals surface area contributed by atoms with Crippen LogP contribution in [0.2, 0.25) is 0 Å². The molecule has 6 heteroatoms. The van der Waals surface area contributed by atoms with Crippen LogP contribution in [0.3, 0.4) is 0 Å². The topological polar surface area (TPSA) is 67.4 Å². The molecule has 0 unspecified atom stereocenters. The van der Waals surface area contributed by atoms with Gasteiger partial charge in [-0.15, -0.1) is 11.8 Å². The van der Waals surface area contributed by atoms with Gasteiger partial charge in [-0.25, -0.2) is 0 Å². The van der Waals surface area contributed by atoms with Crippen LogP contribution in [-0.2, 0) is 22.7 Å². The number of aryl methyl sites for hydroxylation is 1. The fourth-order valence-electron chi connectivity index (χ4n) is 2.76. The lowest BCUT2D eigenvalue weighted by Crippen LogP contribution is -2.25. The van der Waals surface area contributed by atoms with E-state index < -0.39 is 0 Å². The van der Waals surface area contributed by atoms with Gasteiger partial charge in [-0.2, -0.15) is 0 Å². The van der Waals surface area contributed by atoms with Gasteiger partial charge in [0.2, 0.25) is 11.8 Å². The van der Waals surface area contributed by atoms with E-state index in [0.29, 0.717) is 13.2 Å². The predicted molar refractivity (Wildman–Crippen MR) is 126 cm³/mol. The zero-order valence-corrected chi connectivity index (χ0v) is 18.3. The number of rotatable bonds is 10. The van der Waals surface area contributed by atoms with Crippen LogP contribution in [0.15, 0.2) is 78.9 Å². The van der Waals surface area contributed by atoms with Gasteiger partial charge in [0.1, 0.15) is 12.4 Å². The van der Waals surface area contributed by atoms with Crippen LogP contribution in [0.4, 0.5) is 5.69 Å². The predicted octanol–water partition coefficient (Wildman–Crippen LogP) is 4.56. The van der Waals surface area contributed by atoms with Gasteiger partial charge in [-0.1, -0.05) is 60.2 Å². The lowest BCUT2D eigenvalue weighted by atomic mass is 10.1. The number of hydrogen-bond acceptors (Lipinski definition) is 4. The monoisotopic (exact) mass is 434 g/mol. The van der Waals surface area contributed by atoms with E-state index in [2.05, 4.69) is 10.6 Å². The van der Waals surface area contributed by atoms with Crippen LogP contribution in [-0.4, -0.2) is 23.3 Å². The van der Waals surface area contributed by atoms with Crippen molar-refractivity contribution in [3.63, 3.8) is 0 Å². The number of carbonyl (C=O) groups excluding carboxylic acids is 2. The first-order chi connectivity index (χ1) is 15.1. The van der Waals surface area contributed by atoms with Crippen LogP contribution in [0.5, 0.6) is 5.75 Å². The molecule has 0 aliphatic carbocycles. The second-order valence-corrected chi connectivity index (χ2v) is 8.09. The van der Waals surface area contributed by atoms with Crippen molar-refractivity contribution in [2.45, 2.75) is 20.1 Å². The molecular formula is C25H26N2O3S. The molecule has 3 aromatic rings. The molecule has 0 radical (unpaired) electrons. The van der Waals surface area contributed by atoms with E-state index >= 15 is 0 Å². The van der Waals surface area contributed by atoms with Crippen molar-refractivity contribution in [2.24, 2.45) is 0 Å². The van der Waals surface area contributed by atoms with Gasteiger partial charge in [-0.05, 0) is 42.3 Å². The highest BCUT2D eigenvalue weighted by Crippen LogP contribution is 2.13. The van der Waals surface area contributed by atoms with E-state index in [1.807, 2.05) is 85.8 Å². The third kappa shape index (κ3) is 8.18. The van der Waals surface area contributed by atoms with Crippen LogP contribution in [0.25, 0.3) is 0 Å². The molecule has 0 saturated carbocycles. The maximum absolute atomic E-state index is 12.0. The SMILES string of the molecule is Cc1ccc(NC(=O)CSCC(=O)NCc2ccc(COc3ccccc3)cc2)cc1. The summed E-state index contributed by atoms with van der Waals surface area (Å²) in [7, 11) is 0. The Bertz CT molecular complexity index is 974. The highest BCUT2D eigenvalue weighted by Gasteiger charge is 2.06. The van der Waals surface area contributed by atoms with Crippen molar-refractivity contribution in [1.29, 1.82) is 0 Å². The summed E-state index contributed by atoms with van der Waals surface area (Å²) in [5.41, 5.74) is 3.98. The normalized spacial score (nSPS) is 10.4. The molecule has 0 bridgehead atoms. The fourth-order valence-corrected chi connectivity index (χ4v) is 3.41. The first-order valence-electron chi connectivity index (χ1n) is 10.0. The Morgan fingerprint density at radius 3 is 2.16 bits per heavy atom. The fraction of sp³-hybridized carbons (Fsp3) is 0.200. The van der Waals surface area contributed by atoms with E-state index in [1.165, 1.54) is 11.8 Å². The van der Waals surface area contributed by atoms with Crippen LogP contribution < -0.4 is 15.4 Å². The third-order valence-electron chi connectivity index (χ3n) is 4.46. The highest BCUT2D eigenvalue weighted by atomic mass is 32.2. The number of anilines is 1. The zero-order valence-electron chi connectivity index (χ0n) is 17.5. The Morgan fingerprint density at radius 1 is 0.806 bits per heavy atom. The average Bonchev–Trinajstić information content (AvgIpc) is 2.79. The second kappa shape index (κ2) is 11.8. The molecular weight excluding hydrogens is 408 g/mol. The molecule has 160 valence electrons. The van der Waals surface area contributed by atoms with Gasteiger partial charge in [0.05, 0.1) is 11.5 Å². The number of ether oxygens (including phenoxy) is 1. The molecule has 0 aliphatic rings.